The van der Waals surface area contributed by atoms with Crippen LogP contribution in [0.25, 0.3) is 0 Å². The predicted octanol–water partition coefficient (Wildman–Crippen LogP) is 1.04. The first-order valence-electron chi connectivity index (χ1n) is 7.80. The zero-order chi connectivity index (χ0) is 19.0. The molecule has 1 aromatic carbocycles. The van der Waals surface area contributed by atoms with Crippen molar-refractivity contribution >= 4 is 11.8 Å². The summed E-state index contributed by atoms with van der Waals surface area (Å²) in [5.41, 5.74) is 7.40. The highest BCUT2D eigenvalue weighted by molar-refractivity contribution is 5.97. The van der Waals surface area contributed by atoms with E-state index in [2.05, 4.69) is 29.0 Å². The molecule has 132 valence electrons. The molecule has 5 N–H and O–H groups in total. The summed E-state index contributed by atoms with van der Waals surface area (Å²) in [7, 11) is 0. The molecule has 0 saturated heterocycles. The van der Waals surface area contributed by atoms with Crippen molar-refractivity contribution in [2.75, 3.05) is 0 Å². The number of hydroxylamine groups is 1. The fourth-order valence-corrected chi connectivity index (χ4v) is 1.86. The maximum Gasteiger partial charge on any atom is 0.267 e. The van der Waals surface area contributed by atoms with Crippen LogP contribution >= 0.6 is 0 Å². The zero-order valence-corrected chi connectivity index (χ0v) is 14.8. The van der Waals surface area contributed by atoms with Crippen LogP contribution in [0.15, 0.2) is 24.3 Å². The highest BCUT2D eigenvalue weighted by Gasteiger charge is 2.33. The Balaban J connectivity index is 2.86. The number of amides is 2. The van der Waals surface area contributed by atoms with Gasteiger partial charge in [-0.2, -0.15) is 0 Å². The lowest BCUT2D eigenvalue weighted by Crippen LogP contribution is -2.61. The van der Waals surface area contributed by atoms with E-state index >= 15 is 0 Å². The van der Waals surface area contributed by atoms with Crippen molar-refractivity contribution in [3.63, 3.8) is 0 Å². The minimum absolute atomic E-state index is 0.260. The standard InChI is InChI=1S/C19H23N3O3/c1-13(2)7-5-6-8-14-9-11-15(12-10-14)17(23)21-16(18(24)22-25)19(3,4)20/h9-13,16,25H,20H2,1-4H3,(H,21,23)(H,22,24)/t16-/m1/s1. The first-order valence-corrected chi connectivity index (χ1v) is 7.80. The zero-order valence-electron chi connectivity index (χ0n) is 14.8. The van der Waals surface area contributed by atoms with E-state index in [0.29, 0.717) is 5.56 Å². The van der Waals surface area contributed by atoms with Gasteiger partial charge in [0.15, 0.2) is 0 Å². The van der Waals surface area contributed by atoms with Gasteiger partial charge in [-0.25, -0.2) is 5.48 Å². The Morgan fingerprint density at radius 3 is 2.24 bits per heavy atom. The summed E-state index contributed by atoms with van der Waals surface area (Å²) in [4.78, 5) is 24.0. The molecule has 25 heavy (non-hydrogen) atoms. The van der Waals surface area contributed by atoms with Gasteiger partial charge in [0.1, 0.15) is 6.04 Å². The third-order valence-corrected chi connectivity index (χ3v) is 3.17. The van der Waals surface area contributed by atoms with E-state index in [9.17, 15) is 9.59 Å². The van der Waals surface area contributed by atoms with Crippen molar-refractivity contribution in [3.05, 3.63) is 35.4 Å². The Morgan fingerprint density at radius 2 is 1.76 bits per heavy atom. The predicted molar refractivity (Wildman–Crippen MR) is 95.4 cm³/mol. The van der Waals surface area contributed by atoms with Crippen molar-refractivity contribution in [1.82, 2.24) is 10.8 Å². The van der Waals surface area contributed by atoms with Crippen molar-refractivity contribution in [1.29, 1.82) is 0 Å². The van der Waals surface area contributed by atoms with E-state index in [4.69, 9.17) is 10.9 Å². The first kappa shape index (κ1) is 20.2. The number of rotatable bonds is 4. The molecule has 2 amide bonds. The molecule has 6 nitrogen and oxygen atoms in total. The van der Waals surface area contributed by atoms with Crippen LogP contribution in [0.2, 0.25) is 0 Å². The van der Waals surface area contributed by atoms with Gasteiger partial charge in [0, 0.05) is 22.6 Å². The topological polar surface area (TPSA) is 104 Å². The van der Waals surface area contributed by atoms with Crippen LogP contribution in [0.1, 0.15) is 43.6 Å². The Kier molecular flexibility index (Phi) is 7.20. The molecule has 0 aromatic heterocycles. The lowest BCUT2D eigenvalue weighted by Gasteiger charge is -2.29. The van der Waals surface area contributed by atoms with Gasteiger partial charge in [-0.1, -0.05) is 25.7 Å². The molecule has 0 heterocycles. The molecule has 0 fully saturated rings. The van der Waals surface area contributed by atoms with Crippen LogP contribution in [0.5, 0.6) is 0 Å². The van der Waals surface area contributed by atoms with Gasteiger partial charge >= 0.3 is 0 Å². The summed E-state index contributed by atoms with van der Waals surface area (Å²) in [6.45, 7) is 7.11. The molecule has 1 aromatic rings. The van der Waals surface area contributed by atoms with Gasteiger partial charge in [0.25, 0.3) is 11.8 Å². The molecule has 1 atom stereocenters. The molecule has 0 aliphatic carbocycles. The van der Waals surface area contributed by atoms with E-state index in [-0.39, 0.29) is 5.92 Å². The maximum absolute atomic E-state index is 12.3. The van der Waals surface area contributed by atoms with E-state index in [1.165, 1.54) is 5.48 Å². The minimum atomic E-state index is -1.09. The fraction of sp³-hybridized carbons (Fsp3) is 0.368. The lowest BCUT2D eigenvalue weighted by molar-refractivity contribution is -0.132. The molecule has 0 bridgehead atoms. The Bertz CT molecular complexity index is 739. The summed E-state index contributed by atoms with van der Waals surface area (Å²) in [5.74, 6) is 10.3. The molecule has 1 rings (SSSR count). The average molecular weight is 341 g/mol. The first-order chi connectivity index (χ1) is 11.6. The van der Waals surface area contributed by atoms with Crippen LogP contribution in [-0.2, 0) is 4.79 Å². The van der Waals surface area contributed by atoms with Crippen LogP contribution in [-0.4, -0.2) is 28.6 Å². The van der Waals surface area contributed by atoms with Gasteiger partial charge in [-0.3, -0.25) is 14.8 Å². The van der Waals surface area contributed by atoms with Gasteiger partial charge in [0.2, 0.25) is 0 Å². The number of nitrogens with one attached hydrogen (secondary N) is 2. The monoisotopic (exact) mass is 341 g/mol. The van der Waals surface area contributed by atoms with Gasteiger partial charge in [-0.15, -0.1) is 0 Å². The fourth-order valence-electron chi connectivity index (χ4n) is 1.86. The van der Waals surface area contributed by atoms with Crippen LogP contribution in [0.3, 0.4) is 0 Å². The summed E-state index contributed by atoms with van der Waals surface area (Å²) >= 11 is 0. The van der Waals surface area contributed by atoms with Crippen molar-refractivity contribution in [2.45, 2.75) is 39.3 Å². The maximum atomic E-state index is 12.3. The highest BCUT2D eigenvalue weighted by Crippen LogP contribution is 2.08. The second-order valence-electron chi connectivity index (χ2n) is 6.46. The molecule has 0 aliphatic rings. The molecule has 0 aliphatic heterocycles. The summed E-state index contributed by atoms with van der Waals surface area (Å²) in [6.07, 6.45) is 0. The van der Waals surface area contributed by atoms with Crippen LogP contribution < -0.4 is 16.5 Å². The van der Waals surface area contributed by atoms with Crippen molar-refractivity contribution < 1.29 is 14.8 Å². The normalized spacial score (nSPS) is 11.5. The van der Waals surface area contributed by atoms with E-state index in [0.717, 1.165) is 5.56 Å². The molecular formula is C19H23N3O3. The number of carbonyl (C=O) groups is 2. The second kappa shape index (κ2) is 8.89. The average Bonchev–Trinajstić information content (AvgIpc) is 2.55. The Hall–Kier alpha value is -2.80. The molecule has 0 saturated carbocycles. The number of carbonyl (C=O) groups excluding carboxylic acids is 2. The molecule has 0 spiro atoms. The summed E-state index contributed by atoms with van der Waals surface area (Å²) in [6, 6.07) is 5.47. The third-order valence-electron chi connectivity index (χ3n) is 3.17. The summed E-state index contributed by atoms with van der Waals surface area (Å²) < 4.78 is 0. The van der Waals surface area contributed by atoms with Gasteiger partial charge in [-0.05, 0) is 50.0 Å². The van der Waals surface area contributed by atoms with Gasteiger partial charge < -0.3 is 11.1 Å². The highest BCUT2D eigenvalue weighted by atomic mass is 16.5. The molecule has 0 unspecified atom stereocenters. The van der Waals surface area contributed by atoms with E-state index < -0.39 is 23.4 Å². The Labute approximate surface area is 148 Å². The van der Waals surface area contributed by atoms with E-state index in [1.807, 2.05) is 13.8 Å². The van der Waals surface area contributed by atoms with E-state index in [1.54, 1.807) is 38.1 Å². The molecule has 0 radical (unpaired) electrons. The number of hydrogen-bond donors (Lipinski definition) is 4. The second-order valence-corrected chi connectivity index (χ2v) is 6.46. The lowest BCUT2D eigenvalue weighted by atomic mass is 9.95. The smallest absolute Gasteiger partial charge is 0.267 e. The Morgan fingerprint density at radius 1 is 1.16 bits per heavy atom. The SMILES string of the molecule is CC(C)C#CC#Cc1ccc(C(=O)N[C@H](C(=O)NO)C(C)(C)N)cc1. The number of hydrogen-bond acceptors (Lipinski definition) is 4. The van der Waals surface area contributed by atoms with Crippen LogP contribution in [0.4, 0.5) is 0 Å². The number of nitrogens with two attached hydrogens (primary N) is 1. The minimum Gasteiger partial charge on any atom is -0.338 e. The van der Waals surface area contributed by atoms with Crippen molar-refractivity contribution in [2.24, 2.45) is 11.7 Å². The summed E-state index contributed by atoms with van der Waals surface area (Å²) in [5, 5.41) is 11.3. The quantitative estimate of drug-likeness (QED) is 0.373. The molecular weight excluding hydrogens is 318 g/mol. The van der Waals surface area contributed by atoms with Crippen LogP contribution in [0, 0.1) is 29.6 Å². The molecule has 6 heteroatoms. The number of benzene rings is 1. The largest absolute Gasteiger partial charge is 0.338 e. The third kappa shape index (κ3) is 6.68. The van der Waals surface area contributed by atoms with Crippen molar-refractivity contribution in [3.8, 4) is 23.7 Å². The van der Waals surface area contributed by atoms with Gasteiger partial charge in [0.05, 0.1) is 0 Å².